The minimum atomic E-state index is -0.338. The first-order valence-corrected chi connectivity index (χ1v) is 12.5. The van der Waals surface area contributed by atoms with Crippen LogP contribution in [0, 0.1) is 5.92 Å². The molecule has 1 N–H and O–H groups in total. The molecule has 0 unspecified atom stereocenters. The van der Waals surface area contributed by atoms with Gasteiger partial charge in [0.1, 0.15) is 17.2 Å². The van der Waals surface area contributed by atoms with Crippen molar-refractivity contribution in [1.29, 1.82) is 0 Å². The summed E-state index contributed by atoms with van der Waals surface area (Å²) in [6, 6.07) is 17.3. The van der Waals surface area contributed by atoms with Crippen molar-refractivity contribution in [3.8, 4) is 28.5 Å². The largest absolute Gasteiger partial charge is 0.508 e. The van der Waals surface area contributed by atoms with Gasteiger partial charge in [0, 0.05) is 22.6 Å². The quantitative estimate of drug-likeness (QED) is 0.337. The minimum Gasteiger partial charge on any atom is -0.508 e. The van der Waals surface area contributed by atoms with Crippen molar-refractivity contribution in [1.82, 2.24) is 9.55 Å². The molecule has 1 aliphatic rings. The Morgan fingerprint density at radius 2 is 1.67 bits per heavy atom. The predicted octanol–water partition coefficient (Wildman–Crippen LogP) is 5.91. The summed E-state index contributed by atoms with van der Waals surface area (Å²) in [6.45, 7) is 4.61. The van der Waals surface area contributed by atoms with Crippen LogP contribution < -0.4 is 15.2 Å². The fourth-order valence-corrected chi connectivity index (χ4v) is 4.77. The first kappa shape index (κ1) is 23.9. The van der Waals surface area contributed by atoms with E-state index in [2.05, 4.69) is 31.0 Å². The fraction of sp³-hybridized carbons (Fsp3) is 0.333. The van der Waals surface area contributed by atoms with Crippen LogP contribution in [0.1, 0.15) is 49.3 Å². The first-order valence-electron chi connectivity index (χ1n) is 12.5. The normalized spacial score (nSPS) is 13.4. The number of nitrogens with zero attached hydrogens (tertiary/aromatic N) is 2. The van der Waals surface area contributed by atoms with E-state index >= 15 is 0 Å². The summed E-state index contributed by atoms with van der Waals surface area (Å²) in [7, 11) is 3.21. The zero-order chi connectivity index (χ0) is 25.4. The molecule has 0 radical (unpaired) electrons. The summed E-state index contributed by atoms with van der Waals surface area (Å²) in [6.07, 6.45) is 3.09. The molecule has 1 saturated carbocycles. The molecule has 1 fully saturated rings. The Hall–Kier alpha value is -3.80. The molecule has 0 saturated heterocycles. The highest BCUT2D eigenvalue weighted by atomic mass is 16.5. The molecule has 0 amide bonds. The third kappa shape index (κ3) is 4.68. The highest BCUT2D eigenvalue weighted by Gasteiger charge is 2.26. The SMILES string of the molecule is COc1cc(Cn2c(=O)nc(-c3ccc(C(C)C)cc3)c3c(CC4CC4)c(O)ccc32)cc(OC)c1. The van der Waals surface area contributed by atoms with Crippen LogP contribution in [0.25, 0.3) is 22.2 Å². The summed E-state index contributed by atoms with van der Waals surface area (Å²) in [4.78, 5) is 18.1. The highest BCUT2D eigenvalue weighted by molar-refractivity contribution is 5.96. The van der Waals surface area contributed by atoms with Crippen molar-refractivity contribution in [3.05, 3.63) is 81.8 Å². The molecule has 0 bridgehead atoms. The van der Waals surface area contributed by atoms with Gasteiger partial charge in [0.15, 0.2) is 0 Å². The van der Waals surface area contributed by atoms with Crippen LogP contribution in [-0.2, 0) is 13.0 Å². The molecule has 6 heteroatoms. The third-order valence-corrected chi connectivity index (χ3v) is 7.02. The zero-order valence-electron chi connectivity index (χ0n) is 21.2. The Bertz CT molecular complexity index is 1450. The summed E-state index contributed by atoms with van der Waals surface area (Å²) in [5.41, 5.74) is 4.87. The number of rotatable bonds is 8. The smallest absolute Gasteiger partial charge is 0.348 e. The van der Waals surface area contributed by atoms with Crippen LogP contribution in [-0.4, -0.2) is 28.9 Å². The van der Waals surface area contributed by atoms with Gasteiger partial charge in [0.05, 0.1) is 32.0 Å². The van der Waals surface area contributed by atoms with Gasteiger partial charge in [0.2, 0.25) is 0 Å². The lowest BCUT2D eigenvalue weighted by Gasteiger charge is -2.18. The zero-order valence-corrected chi connectivity index (χ0v) is 21.2. The van der Waals surface area contributed by atoms with Crippen molar-refractivity contribution in [2.75, 3.05) is 14.2 Å². The Kier molecular flexibility index (Phi) is 6.44. The number of aromatic nitrogens is 2. The molecule has 0 spiro atoms. The van der Waals surface area contributed by atoms with E-state index in [-0.39, 0.29) is 11.4 Å². The molecule has 1 aromatic heterocycles. The first-order chi connectivity index (χ1) is 17.4. The molecule has 6 nitrogen and oxygen atoms in total. The van der Waals surface area contributed by atoms with E-state index < -0.39 is 0 Å². The van der Waals surface area contributed by atoms with E-state index in [9.17, 15) is 9.90 Å². The van der Waals surface area contributed by atoms with Crippen LogP contribution in [0.2, 0.25) is 0 Å². The van der Waals surface area contributed by atoms with Crippen LogP contribution in [0.15, 0.2) is 59.4 Å². The van der Waals surface area contributed by atoms with E-state index in [0.29, 0.717) is 35.6 Å². The predicted molar refractivity (Wildman–Crippen MR) is 142 cm³/mol. The number of phenols is 1. The van der Waals surface area contributed by atoms with Gasteiger partial charge in [-0.3, -0.25) is 4.57 Å². The van der Waals surface area contributed by atoms with E-state index in [1.54, 1.807) is 30.9 Å². The molecule has 4 aromatic rings. The van der Waals surface area contributed by atoms with Crippen LogP contribution >= 0.6 is 0 Å². The fourth-order valence-electron chi connectivity index (χ4n) is 4.77. The van der Waals surface area contributed by atoms with Gasteiger partial charge < -0.3 is 14.6 Å². The Balaban J connectivity index is 1.72. The van der Waals surface area contributed by atoms with Gasteiger partial charge in [-0.15, -0.1) is 0 Å². The van der Waals surface area contributed by atoms with E-state index in [1.807, 2.05) is 30.3 Å². The second-order valence-corrected chi connectivity index (χ2v) is 9.93. The van der Waals surface area contributed by atoms with Gasteiger partial charge in [-0.1, -0.05) is 38.1 Å². The van der Waals surface area contributed by atoms with Gasteiger partial charge in [0.25, 0.3) is 0 Å². The Labute approximate surface area is 211 Å². The van der Waals surface area contributed by atoms with Crippen LogP contribution in [0.4, 0.5) is 0 Å². The minimum absolute atomic E-state index is 0.254. The van der Waals surface area contributed by atoms with Crippen molar-refractivity contribution in [2.45, 2.75) is 45.6 Å². The molecular weight excluding hydrogens is 452 g/mol. The molecule has 1 aliphatic carbocycles. The average molecular weight is 485 g/mol. The summed E-state index contributed by atoms with van der Waals surface area (Å²) in [5.74, 6) is 2.53. The number of aromatic hydroxyl groups is 1. The standard InChI is InChI=1S/C30H32N2O4/c1-18(2)21-7-9-22(10-8-21)29-28-25(15-19-5-6-19)27(33)12-11-26(28)32(30(34)31-29)17-20-13-23(35-3)16-24(14-20)36-4/h7-14,16,18-19,33H,5-6,15,17H2,1-4H3. The second-order valence-electron chi connectivity index (χ2n) is 9.93. The van der Waals surface area contributed by atoms with Crippen molar-refractivity contribution < 1.29 is 14.6 Å². The van der Waals surface area contributed by atoms with Crippen molar-refractivity contribution in [2.24, 2.45) is 5.92 Å². The summed E-state index contributed by atoms with van der Waals surface area (Å²) < 4.78 is 12.5. The van der Waals surface area contributed by atoms with Crippen molar-refractivity contribution >= 4 is 10.9 Å². The number of benzene rings is 3. The molecule has 3 aromatic carbocycles. The molecule has 1 heterocycles. The van der Waals surface area contributed by atoms with Gasteiger partial charge in [-0.2, -0.15) is 4.98 Å². The lowest BCUT2D eigenvalue weighted by atomic mass is 9.95. The average Bonchev–Trinajstić information content (AvgIpc) is 3.71. The highest BCUT2D eigenvalue weighted by Crippen LogP contribution is 2.40. The molecule has 0 atom stereocenters. The molecule has 36 heavy (non-hydrogen) atoms. The van der Waals surface area contributed by atoms with Gasteiger partial charge in [-0.25, -0.2) is 4.79 Å². The van der Waals surface area contributed by atoms with E-state index in [4.69, 9.17) is 9.47 Å². The summed E-state index contributed by atoms with van der Waals surface area (Å²) in [5, 5.41) is 11.8. The number of ether oxygens (including phenoxy) is 2. The maximum atomic E-state index is 13.5. The molecule has 186 valence electrons. The number of hydrogen-bond acceptors (Lipinski definition) is 5. The van der Waals surface area contributed by atoms with Crippen LogP contribution in [0.3, 0.4) is 0 Å². The topological polar surface area (TPSA) is 73.6 Å². The number of methoxy groups -OCH3 is 2. The number of fused-ring (bicyclic) bond motifs is 1. The molecular formula is C30H32N2O4. The van der Waals surface area contributed by atoms with Gasteiger partial charge >= 0.3 is 5.69 Å². The third-order valence-electron chi connectivity index (χ3n) is 7.02. The van der Waals surface area contributed by atoms with E-state index in [1.165, 1.54) is 5.56 Å². The number of phenolic OH excluding ortho intramolecular Hbond substituents is 1. The molecule has 0 aliphatic heterocycles. The Morgan fingerprint density at radius 1 is 1.00 bits per heavy atom. The van der Waals surface area contributed by atoms with Crippen LogP contribution in [0.5, 0.6) is 17.2 Å². The lowest BCUT2D eigenvalue weighted by Crippen LogP contribution is -2.25. The monoisotopic (exact) mass is 484 g/mol. The lowest BCUT2D eigenvalue weighted by molar-refractivity contribution is 0.393. The van der Waals surface area contributed by atoms with Gasteiger partial charge in [-0.05, 0) is 66.5 Å². The Morgan fingerprint density at radius 3 is 2.25 bits per heavy atom. The molecule has 5 rings (SSSR count). The van der Waals surface area contributed by atoms with Crippen molar-refractivity contribution in [3.63, 3.8) is 0 Å². The number of hydrogen-bond donors (Lipinski definition) is 1. The summed E-state index contributed by atoms with van der Waals surface area (Å²) >= 11 is 0. The second kappa shape index (κ2) is 9.69. The maximum absolute atomic E-state index is 13.5. The maximum Gasteiger partial charge on any atom is 0.348 e. The van der Waals surface area contributed by atoms with E-state index in [0.717, 1.165) is 46.9 Å².